The summed E-state index contributed by atoms with van der Waals surface area (Å²) in [5, 5.41) is 2.79. The first-order valence-corrected chi connectivity index (χ1v) is 6.87. The molecule has 0 aromatic heterocycles. The molecule has 0 saturated heterocycles. The summed E-state index contributed by atoms with van der Waals surface area (Å²) in [6, 6.07) is 16.5. The van der Waals surface area contributed by atoms with Gasteiger partial charge in [0.05, 0.1) is 12.7 Å². The van der Waals surface area contributed by atoms with Crippen LogP contribution in [-0.2, 0) is 16.1 Å². The molecule has 0 spiro atoms. The Morgan fingerprint density at radius 2 is 1.73 bits per heavy atom. The highest BCUT2D eigenvalue weighted by atomic mass is 16.5. The van der Waals surface area contributed by atoms with E-state index in [4.69, 9.17) is 0 Å². The fraction of sp³-hybridized carbons (Fsp3) is 0.111. The molecule has 4 heteroatoms. The highest BCUT2D eigenvalue weighted by Gasteiger charge is 2.04. The van der Waals surface area contributed by atoms with Crippen LogP contribution in [0.25, 0.3) is 6.08 Å². The van der Waals surface area contributed by atoms with E-state index in [1.807, 2.05) is 30.3 Å². The zero-order valence-corrected chi connectivity index (χ0v) is 12.3. The molecule has 22 heavy (non-hydrogen) atoms. The second-order valence-corrected chi connectivity index (χ2v) is 4.65. The lowest BCUT2D eigenvalue weighted by Crippen LogP contribution is -2.20. The molecule has 0 unspecified atom stereocenters. The Morgan fingerprint density at radius 1 is 1.05 bits per heavy atom. The molecule has 0 atom stereocenters. The van der Waals surface area contributed by atoms with Crippen LogP contribution in [0.2, 0.25) is 0 Å². The molecule has 2 aromatic rings. The summed E-state index contributed by atoms with van der Waals surface area (Å²) >= 11 is 0. The molecule has 0 saturated carbocycles. The zero-order valence-electron chi connectivity index (χ0n) is 12.3. The lowest BCUT2D eigenvalue weighted by Gasteiger charge is -2.04. The van der Waals surface area contributed by atoms with E-state index in [-0.39, 0.29) is 11.9 Å². The fourth-order valence-electron chi connectivity index (χ4n) is 1.86. The van der Waals surface area contributed by atoms with Crippen LogP contribution < -0.4 is 5.32 Å². The zero-order chi connectivity index (χ0) is 15.8. The van der Waals surface area contributed by atoms with E-state index in [2.05, 4.69) is 10.1 Å². The molecule has 1 N–H and O–H groups in total. The summed E-state index contributed by atoms with van der Waals surface area (Å²) in [6.07, 6.45) is 3.26. The lowest BCUT2D eigenvalue weighted by atomic mass is 10.1. The van der Waals surface area contributed by atoms with E-state index in [9.17, 15) is 9.59 Å². The van der Waals surface area contributed by atoms with E-state index in [0.29, 0.717) is 12.1 Å². The third kappa shape index (κ3) is 4.59. The number of ether oxygens (including phenoxy) is 1. The summed E-state index contributed by atoms with van der Waals surface area (Å²) in [4.78, 5) is 23.0. The van der Waals surface area contributed by atoms with E-state index in [1.54, 1.807) is 30.3 Å². The SMILES string of the molecule is COC(=O)c1ccc(CNC(=O)/C=C/c2ccccc2)cc1. The van der Waals surface area contributed by atoms with Crippen LogP contribution >= 0.6 is 0 Å². The van der Waals surface area contributed by atoms with E-state index in [1.165, 1.54) is 13.2 Å². The van der Waals surface area contributed by atoms with Gasteiger partial charge in [-0.2, -0.15) is 0 Å². The van der Waals surface area contributed by atoms with Gasteiger partial charge in [0.25, 0.3) is 0 Å². The molecule has 0 radical (unpaired) electrons. The number of benzene rings is 2. The first-order valence-electron chi connectivity index (χ1n) is 6.87. The van der Waals surface area contributed by atoms with Crippen LogP contribution in [0.1, 0.15) is 21.5 Å². The predicted molar refractivity (Wildman–Crippen MR) is 85.1 cm³/mol. The molecule has 0 aliphatic rings. The number of amides is 1. The van der Waals surface area contributed by atoms with Gasteiger partial charge in [0.15, 0.2) is 0 Å². The largest absolute Gasteiger partial charge is 0.465 e. The predicted octanol–water partition coefficient (Wildman–Crippen LogP) is 2.80. The number of hydrogen-bond donors (Lipinski definition) is 1. The maximum Gasteiger partial charge on any atom is 0.337 e. The first-order chi connectivity index (χ1) is 10.7. The highest BCUT2D eigenvalue weighted by molar-refractivity contribution is 5.91. The van der Waals surface area contributed by atoms with E-state index >= 15 is 0 Å². The summed E-state index contributed by atoms with van der Waals surface area (Å²) in [5.74, 6) is -0.540. The van der Waals surface area contributed by atoms with Crippen LogP contribution in [-0.4, -0.2) is 19.0 Å². The topological polar surface area (TPSA) is 55.4 Å². The quantitative estimate of drug-likeness (QED) is 0.681. The van der Waals surface area contributed by atoms with Gasteiger partial charge in [-0.3, -0.25) is 4.79 Å². The Hall–Kier alpha value is -2.88. The van der Waals surface area contributed by atoms with Crippen molar-refractivity contribution in [3.05, 3.63) is 77.4 Å². The molecular weight excluding hydrogens is 278 g/mol. The molecule has 4 nitrogen and oxygen atoms in total. The van der Waals surface area contributed by atoms with Crippen molar-refractivity contribution in [1.82, 2.24) is 5.32 Å². The van der Waals surface area contributed by atoms with Crippen molar-refractivity contribution in [2.24, 2.45) is 0 Å². The van der Waals surface area contributed by atoms with Crippen LogP contribution in [0.4, 0.5) is 0 Å². The standard InChI is InChI=1S/C18H17NO3/c1-22-18(21)16-10-7-15(8-11-16)13-19-17(20)12-9-14-5-3-2-4-6-14/h2-12H,13H2,1H3,(H,19,20)/b12-9+. The molecule has 0 aliphatic carbocycles. The molecule has 1 amide bonds. The number of hydrogen-bond acceptors (Lipinski definition) is 3. The van der Waals surface area contributed by atoms with Gasteiger partial charge in [-0.1, -0.05) is 42.5 Å². The lowest BCUT2D eigenvalue weighted by molar-refractivity contribution is -0.116. The Morgan fingerprint density at radius 3 is 2.36 bits per heavy atom. The second-order valence-electron chi connectivity index (χ2n) is 4.65. The number of carbonyl (C=O) groups is 2. The van der Waals surface area contributed by atoms with Crippen molar-refractivity contribution in [3.63, 3.8) is 0 Å². The third-order valence-electron chi connectivity index (χ3n) is 3.07. The number of nitrogens with one attached hydrogen (secondary N) is 1. The Labute approximate surface area is 129 Å². The summed E-state index contributed by atoms with van der Waals surface area (Å²) in [6.45, 7) is 0.402. The number of carbonyl (C=O) groups excluding carboxylic acids is 2. The number of methoxy groups -OCH3 is 1. The van der Waals surface area contributed by atoms with E-state index < -0.39 is 0 Å². The highest BCUT2D eigenvalue weighted by Crippen LogP contribution is 2.06. The van der Waals surface area contributed by atoms with Gasteiger partial charge in [-0.25, -0.2) is 4.79 Å². The van der Waals surface area contributed by atoms with Gasteiger partial charge in [-0.05, 0) is 29.3 Å². The number of rotatable bonds is 5. The fourth-order valence-corrected chi connectivity index (χ4v) is 1.86. The van der Waals surface area contributed by atoms with Crippen LogP contribution in [0.3, 0.4) is 0 Å². The average Bonchev–Trinajstić information content (AvgIpc) is 2.58. The van der Waals surface area contributed by atoms with Gasteiger partial charge >= 0.3 is 5.97 Å². The summed E-state index contributed by atoms with van der Waals surface area (Å²) < 4.78 is 4.63. The third-order valence-corrected chi connectivity index (χ3v) is 3.07. The smallest absolute Gasteiger partial charge is 0.337 e. The van der Waals surface area contributed by atoms with Crippen molar-refractivity contribution in [2.75, 3.05) is 7.11 Å². The maximum absolute atomic E-state index is 11.7. The van der Waals surface area contributed by atoms with Crippen molar-refractivity contribution in [3.8, 4) is 0 Å². The van der Waals surface area contributed by atoms with Gasteiger partial charge < -0.3 is 10.1 Å². The second kappa shape index (κ2) is 7.78. The van der Waals surface area contributed by atoms with Crippen molar-refractivity contribution in [1.29, 1.82) is 0 Å². The van der Waals surface area contributed by atoms with Gasteiger partial charge in [0.2, 0.25) is 5.91 Å². The Balaban J connectivity index is 1.86. The number of esters is 1. The van der Waals surface area contributed by atoms with Crippen LogP contribution in [0.5, 0.6) is 0 Å². The summed E-state index contributed by atoms with van der Waals surface area (Å²) in [7, 11) is 1.34. The molecule has 0 bridgehead atoms. The molecule has 0 fully saturated rings. The van der Waals surface area contributed by atoms with Crippen LogP contribution in [0, 0.1) is 0 Å². The molecule has 2 rings (SSSR count). The van der Waals surface area contributed by atoms with Gasteiger partial charge in [0.1, 0.15) is 0 Å². The van der Waals surface area contributed by atoms with Crippen molar-refractivity contribution in [2.45, 2.75) is 6.54 Å². The molecular formula is C18H17NO3. The monoisotopic (exact) mass is 295 g/mol. The minimum Gasteiger partial charge on any atom is -0.465 e. The minimum atomic E-state index is -0.374. The van der Waals surface area contributed by atoms with Crippen LogP contribution in [0.15, 0.2) is 60.7 Å². The first kappa shape index (κ1) is 15.5. The maximum atomic E-state index is 11.7. The molecule has 0 heterocycles. The molecule has 2 aromatic carbocycles. The van der Waals surface area contributed by atoms with Crippen molar-refractivity contribution >= 4 is 18.0 Å². The minimum absolute atomic E-state index is 0.166. The average molecular weight is 295 g/mol. The Kier molecular flexibility index (Phi) is 5.49. The van der Waals surface area contributed by atoms with Gasteiger partial charge in [-0.15, -0.1) is 0 Å². The Bertz CT molecular complexity index is 660. The van der Waals surface area contributed by atoms with E-state index in [0.717, 1.165) is 11.1 Å². The molecule has 0 aliphatic heterocycles. The summed E-state index contributed by atoms with van der Waals surface area (Å²) in [5.41, 5.74) is 2.37. The van der Waals surface area contributed by atoms with Crippen molar-refractivity contribution < 1.29 is 14.3 Å². The normalized spacial score (nSPS) is 10.4. The molecule has 112 valence electrons. The van der Waals surface area contributed by atoms with Gasteiger partial charge in [0, 0.05) is 12.6 Å².